The molecule has 1 rings (SSSR count). The van der Waals surface area contributed by atoms with Crippen molar-refractivity contribution in [3.63, 3.8) is 0 Å². The molecule has 0 aliphatic heterocycles. The zero-order valence-corrected chi connectivity index (χ0v) is 19.3. The summed E-state index contributed by atoms with van der Waals surface area (Å²) in [5.74, 6) is -2.85. The predicted octanol–water partition coefficient (Wildman–Crippen LogP) is 1.24. The normalized spacial score (nSPS) is 13.3. The van der Waals surface area contributed by atoms with E-state index < -0.39 is 24.2 Å². The summed E-state index contributed by atoms with van der Waals surface area (Å²) < 4.78 is 41.7. The maximum atomic E-state index is 12.3. The number of nitrogens with zero attached hydrogens (tertiary/aromatic N) is 2. The molecule has 1 aromatic heterocycles. The Balaban J connectivity index is 2.41. The molecule has 0 aliphatic rings. The number of alkyl halides is 3. The highest BCUT2D eigenvalue weighted by molar-refractivity contribution is 5.89. The Morgan fingerprint density at radius 1 is 1.18 bits per heavy atom. The first-order valence-corrected chi connectivity index (χ1v) is 10.5. The van der Waals surface area contributed by atoms with Crippen LogP contribution in [0.4, 0.5) is 13.2 Å². The number of carbonyl (C=O) groups excluding carboxylic acids is 3. The first-order valence-electron chi connectivity index (χ1n) is 10.5. The van der Waals surface area contributed by atoms with Gasteiger partial charge in [-0.05, 0) is 53.0 Å². The van der Waals surface area contributed by atoms with E-state index in [4.69, 9.17) is 4.74 Å². The Hall–Kier alpha value is -2.73. The summed E-state index contributed by atoms with van der Waals surface area (Å²) in [6, 6.07) is 3.00. The molecule has 0 aliphatic carbocycles. The monoisotopic (exact) mass is 475 g/mol. The third-order valence-electron chi connectivity index (χ3n) is 4.46. The number of carbonyl (C=O) groups is 3. The van der Waals surface area contributed by atoms with Crippen LogP contribution in [0.1, 0.15) is 42.7 Å². The van der Waals surface area contributed by atoms with Crippen molar-refractivity contribution in [1.29, 1.82) is 0 Å². The molecule has 0 spiro atoms. The Kier molecular flexibility index (Phi) is 11.8. The smallest absolute Gasteiger partial charge is 0.459 e. The molecule has 12 heteroatoms. The van der Waals surface area contributed by atoms with E-state index in [1.807, 2.05) is 25.9 Å². The van der Waals surface area contributed by atoms with Crippen LogP contribution in [0.3, 0.4) is 0 Å². The Labute approximate surface area is 191 Å². The van der Waals surface area contributed by atoms with Crippen LogP contribution >= 0.6 is 0 Å². The molecule has 186 valence electrons. The Bertz CT molecular complexity index is 789. The van der Waals surface area contributed by atoms with Gasteiger partial charge in [0.1, 0.15) is 6.10 Å². The fourth-order valence-corrected chi connectivity index (χ4v) is 2.65. The average molecular weight is 476 g/mol. The molecule has 3 N–H and O–H groups in total. The van der Waals surface area contributed by atoms with Crippen LogP contribution in [0.25, 0.3) is 0 Å². The third-order valence-corrected chi connectivity index (χ3v) is 4.46. The standard InChI is InChI=1S/C21H32F3N5O4/c1-14(7-10-29(3)4)28-18(30)13-25-12-17-11-16(6-9-26-17)19(31)33-15(2)5-8-27-20(32)21(22,23)24/h6,9,11,14-15,25H,5,7-8,10,12-13H2,1-4H3,(H,27,32)(H,28,30). The third kappa shape index (κ3) is 12.2. The van der Waals surface area contributed by atoms with E-state index in [1.165, 1.54) is 25.3 Å². The van der Waals surface area contributed by atoms with Crippen LogP contribution in [0.15, 0.2) is 18.3 Å². The van der Waals surface area contributed by atoms with Gasteiger partial charge in [0.05, 0.1) is 17.8 Å². The summed E-state index contributed by atoms with van der Waals surface area (Å²) in [5, 5.41) is 7.58. The Morgan fingerprint density at radius 3 is 2.52 bits per heavy atom. The summed E-state index contributed by atoms with van der Waals surface area (Å²) in [6.45, 7) is 4.36. The van der Waals surface area contributed by atoms with Crippen molar-refractivity contribution in [2.24, 2.45) is 0 Å². The molecule has 0 radical (unpaired) electrons. The number of rotatable bonds is 13. The van der Waals surface area contributed by atoms with E-state index in [0.717, 1.165) is 13.0 Å². The minimum atomic E-state index is -4.95. The van der Waals surface area contributed by atoms with Crippen molar-refractivity contribution in [3.8, 4) is 0 Å². The fraction of sp³-hybridized carbons (Fsp3) is 0.619. The molecule has 0 saturated carbocycles. The summed E-state index contributed by atoms with van der Waals surface area (Å²) in [7, 11) is 3.93. The van der Waals surface area contributed by atoms with Gasteiger partial charge < -0.3 is 25.6 Å². The van der Waals surface area contributed by atoms with E-state index in [2.05, 4.69) is 15.6 Å². The van der Waals surface area contributed by atoms with Gasteiger partial charge in [-0.3, -0.25) is 14.6 Å². The Morgan fingerprint density at radius 2 is 1.88 bits per heavy atom. The van der Waals surface area contributed by atoms with Crippen molar-refractivity contribution >= 4 is 17.8 Å². The lowest BCUT2D eigenvalue weighted by Crippen LogP contribution is -2.40. The predicted molar refractivity (Wildman–Crippen MR) is 115 cm³/mol. The van der Waals surface area contributed by atoms with Gasteiger partial charge in [-0.2, -0.15) is 13.2 Å². The highest BCUT2D eigenvalue weighted by Crippen LogP contribution is 2.14. The fourth-order valence-electron chi connectivity index (χ4n) is 2.65. The van der Waals surface area contributed by atoms with Gasteiger partial charge in [0.2, 0.25) is 5.91 Å². The summed E-state index contributed by atoms with van der Waals surface area (Å²) >= 11 is 0. The zero-order chi connectivity index (χ0) is 25.0. The first kappa shape index (κ1) is 28.3. The second-order valence-corrected chi connectivity index (χ2v) is 7.96. The van der Waals surface area contributed by atoms with Crippen LogP contribution < -0.4 is 16.0 Å². The molecule has 0 aromatic carbocycles. The second-order valence-electron chi connectivity index (χ2n) is 7.96. The number of halogens is 3. The molecule has 0 saturated heterocycles. The molecule has 1 aromatic rings. The zero-order valence-electron chi connectivity index (χ0n) is 19.3. The first-order chi connectivity index (χ1) is 15.4. The lowest BCUT2D eigenvalue weighted by Gasteiger charge is -2.17. The largest absolute Gasteiger partial charge is 0.471 e. The SMILES string of the molecule is CC(CCN(C)C)NC(=O)CNCc1cc(C(=O)OC(C)CCNC(=O)C(F)(F)F)ccn1. The lowest BCUT2D eigenvalue weighted by molar-refractivity contribution is -0.173. The van der Waals surface area contributed by atoms with Gasteiger partial charge >= 0.3 is 18.1 Å². The van der Waals surface area contributed by atoms with Gasteiger partial charge in [-0.1, -0.05) is 0 Å². The number of amides is 2. The molecule has 2 atom stereocenters. The maximum absolute atomic E-state index is 12.3. The molecule has 1 heterocycles. The second kappa shape index (κ2) is 13.7. The van der Waals surface area contributed by atoms with Crippen LogP contribution in [-0.2, 0) is 20.9 Å². The summed E-state index contributed by atoms with van der Waals surface area (Å²) in [4.78, 5) is 41.2. The quantitative estimate of drug-likeness (QED) is 0.368. The number of hydrogen-bond donors (Lipinski definition) is 3. The van der Waals surface area contributed by atoms with E-state index in [9.17, 15) is 27.6 Å². The van der Waals surface area contributed by atoms with Crippen LogP contribution in [0, 0.1) is 0 Å². The number of ether oxygens (including phenoxy) is 1. The van der Waals surface area contributed by atoms with Crippen LogP contribution in [0.5, 0.6) is 0 Å². The van der Waals surface area contributed by atoms with Crippen molar-refractivity contribution in [2.45, 2.75) is 51.6 Å². The summed E-state index contributed by atoms with van der Waals surface area (Å²) in [6.07, 6.45) is -3.39. The van der Waals surface area contributed by atoms with Gasteiger partial charge in [0, 0.05) is 31.7 Å². The van der Waals surface area contributed by atoms with Crippen LogP contribution in [-0.4, -0.2) is 79.7 Å². The van der Waals surface area contributed by atoms with Crippen molar-refractivity contribution < 1.29 is 32.3 Å². The molecule has 2 unspecified atom stereocenters. The molecule has 0 fully saturated rings. The van der Waals surface area contributed by atoms with Crippen molar-refractivity contribution in [3.05, 3.63) is 29.6 Å². The highest BCUT2D eigenvalue weighted by atomic mass is 19.4. The molecule has 33 heavy (non-hydrogen) atoms. The lowest BCUT2D eigenvalue weighted by atomic mass is 10.2. The highest BCUT2D eigenvalue weighted by Gasteiger charge is 2.38. The topological polar surface area (TPSA) is 113 Å². The number of aromatic nitrogens is 1. The minimum Gasteiger partial charge on any atom is -0.459 e. The molecular formula is C21H32F3N5O4. The summed E-state index contributed by atoms with van der Waals surface area (Å²) in [5.41, 5.74) is 0.734. The molecular weight excluding hydrogens is 443 g/mol. The number of pyridine rings is 1. The van der Waals surface area contributed by atoms with E-state index in [1.54, 1.807) is 5.32 Å². The number of nitrogens with one attached hydrogen (secondary N) is 3. The van der Waals surface area contributed by atoms with Crippen molar-refractivity contribution in [2.75, 3.05) is 33.7 Å². The van der Waals surface area contributed by atoms with E-state index in [-0.39, 0.29) is 43.6 Å². The minimum absolute atomic E-state index is 0.0230. The van der Waals surface area contributed by atoms with Gasteiger partial charge in [-0.25, -0.2) is 4.79 Å². The maximum Gasteiger partial charge on any atom is 0.471 e. The van der Waals surface area contributed by atoms with Crippen molar-refractivity contribution in [1.82, 2.24) is 25.8 Å². The van der Waals surface area contributed by atoms with Crippen LogP contribution in [0.2, 0.25) is 0 Å². The molecule has 0 bridgehead atoms. The van der Waals surface area contributed by atoms with Gasteiger partial charge in [-0.15, -0.1) is 0 Å². The van der Waals surface area contributed by atoms with E-state index >= 15 is 0 Å². The average Bonchev–Trinajstić information content (AvgIpc) is 2.71. The van der Waals surface area contributed by atoms with E-state index in [0.29, 0.717) is 5.69 Å². The molecule has 2 amide bonds. The number of esters is 1. The molecule has 9 nitrogen and oxygen atoms in total. The number of hydrogen-bond acceptors (Lipinski definition) is 7. The van der Waals surface area contributed by atoms with Gasteiger partial charge in [0.15, 0.2) is 0 Å². The van der Waals surface area contributed by atoms with Gasteiger partial charge in [0.25, 0.3) is 0 Å².